The lowest BCUT2D eigenvalue weighted by Crippen LogP contribution is -1.98. The lowest BCUT2D eigenvalue weighted by atomic mass is 10.1. The summed E-state index contributed by atoms with van der Waals surface area (Å²) in [4.78, 5) is 10.5. The largest absolute Gasteiger partial charge is 0.466 e. The summed E-state index contributed by atoms with van der Waals surface area (Å²) in [6.07, 6.45) is 5.85. The molecule has 0 amide bonds. The molecular weight excluding hydrogens is 188 g/mol. The molecule has 0 bridgehead atoms. The second kappa shape index (κ2) is 6.82. The predicted octanol–water partition coefficient (Wildman–Crippen LogP) is 2.74. The number of carbonyl (C=O) groups is 1. The molecule has 1 aromatic rings. The van der Waals surface area contributed by atoms with Gasteiger partial charge < -0.3 is 4.74 Å². The third-order valence-electron chi connectivity index (χ3n) is 1.95. The first-order valence-electron chi connectivity index (χ1n) is 5.11. The van der Waals surface area contributed by atoms with E-state index in [0.29, 0.717) is 6.61 Å². The smallest absolute Gasteiger partial charge is 0.302 e. The number of hydrogen-bond acceptors (Lipinski definition) is 2. The Bertz CT molecular complexity index is 315. The maximum absolute atomic E-state index is 10.5. The molecule has 0 fully saturated rings. The van der Waals surface area contributed by atoms with E-state index in [9.17, 15) is 4.79 Å². The fourth-order valence-electron chi connectivity index (χ4n) is 1.22. The highest BCUT2D eigenvalue weighted by Crippen LogP contribution is 2.00. The summed E-state index contributed by atoms with van der Waals surface area (Å²) < 4.78 is 4.80. The minimum Gasteiger partial charge on any atom is -0.466 e. The first-order valence-corrected chi connectivity index (χ1v) is 5.11. The zero-order chi connectivity index (χ0) is 10.9. The van der Waals surface area contributed by atoms with Crippen molar-refractivity contribution >= 4 is 5.97 Å². The highest BCUT2D eigenvalue weighted by Gasteiger charge is 1.89. The molecule has 0 spiro atoms. The van der Waals surface area contributed by atoms with Crippen LogP contribution in [0, 0.1) is 0 Å². The van der Waals surface area contributed by atoms with Crippen molar-refractivity contribution in [3.8, 4) is 0 Å². The lowest BCUT2D eigenvalue weighted by Gasteiger charge is -1.97. The molecule has 0 saturated heterocycles. The molecule has 0 atom stereocenters. The van der Waals surface area contributed by atoms with Gasteiger partial charge >= 0.3 is 5.97 Å². The predicted molar refractivity (Wildman–Crippen MR) is 60.5 cm³/mol. The van der Waals surface area contributed by atoms with E-state index in [0.717, 1.165) is 12.8 Å². The summed E-state index contributed by atoms with van der Waals surface area (Å²) in [6.45, 7) is 1.90. The van der Waals surface area contributed by atoms with Gasteiger partial charge in [0.25, 0.3) is 0 Å². The molecule has 1 rings (SSSR count). The van der Waals surface area contributed by atoms with E-state index in [1.165, 1.54) is 12.5 Å². The van der Waals surface area contributed by atoms with Gasteiger partial charge in [0.15, 0.2) is 0 Å². The number of carbonyl (C=O) groups excluding carboxylic acids is 1. The topological polar surface area (TPSA) is 26.3 Å². The van der Waals surface area contributed by atoms with Gasteiger partial charge in [0.05, 0.1) is 6.61 Å². The van der Waals surface area contributed by atoms with Gasteiger partial charge in [0.2, 0.25) is 0 Å². The summed E-state index contributed by atoms with van der Waals surface area (Å²) >= 11 is 0. The third-order valence-corrected chi connectivity index (χ3v) is 1.95. The SMILES string of the molecule is CC(=O)OCC/C=C/Cc1ccccc1. The van der Waals surface area contributed by atoms with E-state index in [1.807, 2.05) is 24.3 Å². The van der Waals surface area contributed by atoms with E-state index in [1.54, 1.807) is 0 Å². The zero-order valence-corrected chi connectivity index (χ0v) is 8.98. The maximum Gasteiger partial charge on any atom is 0.302 e. The van der Waals surface area contributed by atoms with Crippen molar-refractivity contribution in [1.29, 1.82) is 0 Å². The van der Waals surface area contributed by atoms with E-state index in [2.05, 4.69) is 18.2 Å². The summed E-state index contributed by atoms with van der Waals surface area (Å²) in [5.74, 6) is -0.216. The standard InChI is InChI=1S/C13H16O2/c1-12(14)15-11-7-3-6-10-13-8-4-2-5-9-13/h2-6,8-9H,7,10-11H2,1H3/b6-3+. The Labute approximate surface area is 90.6 Å². The summed E-state index contributed by atoms with van der Waals surface area (Å²) in [7, 11) is 0. The first-order chi connectivity index (χ1) is 7.29. The minimum atomic E-state index is -0.216. The van der Waals surface area contributed by atoms with Crippen molar-refractivity contribution in [2.75, 3.05) is 6.61 Å². The van der Waals surface area contributed by atoms with Crippen molar-refractivity contribution in [2.24, 2.45) is 0 Å². The molecule has 0 heterocycles. The number of esters is 1. The molecule has 0 aliphatic carbocycles. The molecule has 0 radical (unpaired) electrons. The Morgan fingerprint density at radius 3 is 2.67 bits per heavy atom. The van der Waals surface area contributed by atoms with Crippen LogP contribution in [-0.2, 0) is 16.0 Å². The van der Waals surface area contributed by atoms with E-state index in [-0.39, 0.29) is 5.97 Å². The normalized spacial score (nSPS) is 10.5. The first kappa shape index (κ1) is 11.5. The number of benzene rings is 1. The Hall–Kier alpha value is -1.57. The van der Waals surface area contributed by atoms with Crippen LogP contribution in [0.1, 0.15) is 18.9 Å². The van der Waals surface area contributed by atoms with E-state index in [4.69, 9.17) is 4.74 Å². The van der Waals surface area contributed by atoms with Gasteiger partial charge in [0.1, 0.15) is 0 Å². The summed E-state index contributed by atoms with van der Waals surface area (Å²) in [5.41, 5.74) is 1.29. The van der Waals surface area contributed by atoms with Gasteiger partial charge in [-0.15, -0.1) is 0 Å². The van der Waals surface area contributed by atoms with E-state index < -0.39 is 0 Å². The van der Waals surface area contributed by atoms with Crippen LogP contribution in [-0.4, -0.2) is 12.6 Å². The highest BCUT2D eigenvalue weighted by molar-refractivity contribution is 5.65. The average Bonchev–Trinajstić information content (AvgIpc) is 2.24. The molecule has 2 nitrogen and oxygen atoms in total. The van der Waals surface area contributed by atoms with Gasteiger partial charge in [-0.3, -0.25) is 4.79 Å². The molecular formula is C13H16O2. The molecule has 1 aromatic carbocycles. The molecule has 0 aliphatic heterocycles. The Morgan fingerprint density at radius 1 is 1.27 bits per heavy atom. The van der Waals surface area contributed by atoms with Crippen LogP contribution in [0.25, 0.3) is 0 Å². The molecule has 0 aliphatic rings. The molecule has 80 valence electrons. The van der Waals surface area contributed by atoms with Gasteiger partial charge in [-0.1, -0.05) is 42.5 Å². The van der Waals surface area contributed by atoms with Crippen molar-refractivity contribution in [1.82, 2.24) is 0 Å². The van der Waals surface area contributed by atoms with Crippen LogP contribution in [0.4, 0.5) is 0 Å². The minimum absolute atomic E-state index is 0.216. The number of rotatable bonds is 5. The Balaban J connectivity index is 2.15. The zero-order valence-electron chi connectivity index (χ0n) is 8.98. The van der Waals surface area contributed by atoms with Gasteiger partial charge in [-0.05, 0) is 18.4 Å². The fraction of sp³-hybridized carbons (Fsp3) is 0.308. The molecule has 0 unspecified atom stereocenters. The number of hydrogen-bond donors (Lipinski definition) is 0. The Kier molecular flexibility index (Phi) is 5.23. The third kappa shape index (κ3) is 5.68. The Morgan fingerprint density at radius 2 is 2.00 bits per heavy atom. The van der Waals surface area contributed by atoms with Crippen LogP contribution in [0.15, 0.2) is 42.5 Å². The van der Waals surface area contributed by atoms with Crippen LogP contribution in [0.2, 0.25) is 0 Å². The molecule has 0 saturated carbocycles. The quantitative estimate of drug-likeness (QED) is 0.419. The van der Waals surface area contributed by atoms with Crippen LogP contribution < -0.4 is 0 Å². The van der Waals surface area contributed by atoms with Crippen molar-refractivity contribution in [3.05, 3.63) is 48.0 Å². The summed E-state index contributed by atoms with van der Waals surface area (Å²) in [6, 6.07) is 10.3. The average molecular weight is 204 g/mol. The van der Waals surface area contributed by atoms with Gasteiger partial charge in [-0.25, -0.2) is 0 Å². The van der Waals surface area contributed by atoms with Crippen LogP contribution in [0.5, 0.6) is 0 Å². The van der Waals surface area contributed by atoms with E-state index >= 15 is 0 Å². The van der Waals surface area contributed by atoms with Gasteiger partial charge in [0, 0.05) is 6.92 Å². The van der Waals surface area contributed by atoms with Crippen LogP contribution in [0.3, 0.4) is 0 Å². The molecule has 0 N–H and O–H groups in total. The summed E-state index contributed by atoms with van der Waals surface area (Å²) in [5, 5.41) is 0. The highest BCUT2D eigenvalue weighted by atomic mass is 16.5. The second-order valence-corrected chi connectivity index (χ2v) is 3.29. The van der Waals surface area contributed by atoms with Crippen molar-refractivity contribution in [2.45, 2.75) is 19.8 Å². The lowest BCUT2D eigenvalue weighted by molar-refractivity contribution is -0.140. The van der Waals surface area contributed by atoms with Crippen LogP contribution >= 0.6 is 0 Å². The monoisotopic (exact) mass is 204 g/mol. The number of allylic oxidation sites excluding steroid dienone is 1. The molecule has 15 heavy (non-hydrogen) atoms. The van der Waals surface area contributed by atoms with Crippen molar-refractivity contribution < 1.29 is 9.53 Å². The van der Waals surface area contributed by atoms with Gasteiger partial charge in [-0.2, -0.15) is 0 Å². The molecule has 0 aromatic heterocycles. The van der Waals surface area contributed by atoms with Crippen molar-refractivity contribution in [3.63, 3.8) is 0 Å². The second-order valence-electron chi connectivity index (χ2n) is 3.29. The maximum atomic E-state index is 10.5. The molecule has 2 heteroatoms. The number of ether oxygens (including phenoxy) is 1. The fourth-order valence-corrected chi connectivity index (χ4v) is 1.22.